The first-order chi connectivity index (χ1) is 12.5. The van der Waals surface area contributed by atoms with Crippen LogP contribution in [0.3, 0.4) is 0 Å². The molecule has 1 unspecified atom stereocenters. The zero-order valence-electron chi connectivity index (χ0n) is 16.4. The first-order valence-electron chi connectivity index (χ1n) is 9.99. The number of anilines is 1. The Balaban J connectivity index is 1.52. The Morgan fingerprint density at radius 2 is 2.08 bits per heavy atom. The molecule has 2 fully saturated rings. The number of hydrogen-bond donors (Lipinski definition) is 2. The lowest BCUT2D eigenvalue weighted by molar-refractivity contribution is 0.136. The van der Waals surface area contributed by atoms with Crippen LogP contribution in [0.1, 0.15) is 39.2 Å². The topological polar surface area (TPSA) is 60.5 Å². The molecule has 144 valence electrons. The van der Waals surface area contributed by atoms with E-state index in [0.29, 0.717) is 12.5 Å². The van der Waals surface area contributed by atoms with Gasteiger partial charge in [-0.25, -0.2) is 9.78 Å². The Kier molecular flexibility index (Phi) is 6.35. The van der Waals surface area contributed by atoms with Gasteiger partial charge in [0.25, 0.3) is 0 Å². The summed E-state index contributed by atoms with van der Waals surface area (Å²) >= 11 is 0. The maximum absolute atomic E-state index is 12.6. The number of piperazine rings is 1. The second kappa shape index (κ2) is 8.71. The first kappa shape index (κ1) is 19.0. The quantitative estimate of drug-likeness (QED) is 0.867. The van der Waals surface area contributed by atoms with E-state index < -0.39 is 0 Å². The number of nitrogens with zero attached hydrogens (tertiary/aromatic N) is 3. The fourth-order valence-corrected chi connectivity index (χ4v) is 3.80. The van der Waals surface area contributed by atoms with Crippen LogP contribution in [-0.4, -0.2) is 54.7 Å². The minimum atomic E-state index is 0.0271. The lowest BCUT2D eigenvalue weighted by atomic mass is 9.99. The van der Waals surface area contributed by atoms with Crippen molar-refractivity contribution in [3.05, 3.63) is 23.9 Å². The van der Waals surface area contributed by atoms with E-state index >= 15 is 0 Å². The van der Waals surface area contributed by atoms with Crippen molar-refractivity contribution in [3.8, 4) is 0 Å². The molecule has 6 heteroatoms. The van der Waals surface area contributed by atoms with E-state index in [2.05, 4.69) is 53.4 Å². The van der Waals surface area contributed by atoms with E-state index in [1.807, 2.05) is 11.1 Å². The van der Waals surface area contributed by atoms with Gasteiger partial charge in [0.05, 0.1) is 0 Å². The number of hydrogen-bond acceptors (Lipinski definition) is 4. The summed E-state index contributed by atoms with van der Waals surface area (Å²) in [5, 5.41) is 6.44. The summed E-state index contributed by atoms with van der Waals surface area (Å²) in [6.45, 7) is 11.9. The molecule has 0 radical (unpaired) electrons. The molecule has 1 aromatic heterocycles. The van der Waals surface area contributed by atoms with Gasteiger partial charge in [-0.2, -0.15) is 0 Å². The second-order valence-corrected chi connectivity index (χ2v) is 8.06. The van der Waals surface area contributed by atoms with Gasteiger partial charge < -0.3 is 20.4 Å². The lowest BCUT2D eigenvalue weighted by Gasteiger charge is -2.38. The molecule has 0 saturated carbocycles. The smallest absolute Gasteiger partial charge is 0.318 e. The molecule has 0 spiro atoms. The third kappa shape index (κ3) is 4.67. The molecule has 2 aliphatic heterocycles. The van der Waals surface area contributed by atoms with Crippen LogP contribution in [0, 0.1) is 11.8 Å². The fraction of sp³-hybridized carbons (Fsp3) is 0.700. The van der Waals surface area contributed by atoms with Gasteiger partial charge in [-0.05, 0) is 36.3 Å². The predicted octanol–water partition coefficient (Wildman–Crippen LogP) is 2.46. The van der Waals surface area contributed by atoms with Crippen LogP contribution in [-0.2, 0) is 6.54 Å². The maximum Gasteiger partial charge on any atom is 0.318 e. The van der Waals surface area contributed by atoms with Gasteiger partial charge >= 0.3 is 6.03 Å². The molecular formula is C20H33N5O. The molecule has 2 saturated heterocycles. The summed E-state index contributed by atoms with van der Waals surface area (Å²) in [5.41, 5.74) is 1.05. The minimum Gasteiger partial charge on any atom is -0.357 e. The third-order valence-electron chi connectivity index (χ3n) is 5.67. The van der Waals surface area contributed by atoms with E-state index in [0.717, 1.165) is 50.0 Å². The van der Waals surface area contributed by atoms with Crippen LogP contribution in [0.15, 0.2) is 18.3 Å². The van der Waals surface area contributed by atoms with Crippen LogP contribution in [0.25, 0.3) is 0 Å². The Labute approximate surface area is 157 Å². The largest absolute Gasteiger partial charge is 0.357 e. The third-order valence-corrected chi connectivity index (χ3v) is 5.67. The maximum atomic E-state index is 12.6. The number of amides is 2. The summed E-state index contributed by atoms with van der Waals surface area (Å²) in [4.78, 5) is 21.5. The van der Waals surface area contributed by atoms with Gasteiger partial charge in [0.2, 0.25) is 0 Å². The van der Waals surface area contributed by atoms with E-state index in [1.165, 1.54) is 12.8 Å². The van der Waals surface area contributed by atoms with E-state index in [4.69, 9.17) is 0 Å². The standard InChI is InChI=1S/C20H33N5O/c1-15(2)18-14-21-8-11-25(18)20(26)23-13-17-4-5-19(22-12-17)24-9-6-16(3)7-10-24/h4-5,12,15-16,18,21H,6-11,13-14H2,1-3H3,(H,23,26). The van der Waals surface area contributed by atoms with Gasteiger partial charge in [0.1, 0.15) is 5.82 Å². The summed E-state index contributed by atoms with van der Waals surface area (Å²) in [6, 6.07) is 4.45. The molecule has 1 atom stereocenters. The van der Waals surface area contributed by atoms with E-state index in [9.17, 15) is 4.79 Å². The minimum absolute atomic E-state index is 0.0271. The Bertz CT molecular complexity index is 580. The van der Waals surface area contributed by atoms with Gasteiger partial charge in [-0.3, -0.25) is 0 Å². The fourth-order valence-electron chi connectivity index (χ4n) is 3.80. The molecule has 2 N–H and O–H groups in total. The highest BCUT2D eigenvalue weighted by molar-refractivity contribution is 5.74. The van der Waals surface area contributed by atoms with Crippen LogP contribution < -0.4 is 15.5 Å². The summed E-state index contributed by atoms with van der Waals surface area (Å²) < 4.78 is 0. The number of pyridine rings is 1. The van der Waals surface area contributed by atoms with Crippen molar-refractivity contribution < 1.29 is 4.79 Å². The average Bonchev–Trinajstić information content (AvgIpc) is 2.67. The van der Waals surface area contributed by atoms with Crippen molar-refractivity contribution in [2.24, 2.45) is 11.8 Å². The van der Waals surface area contributed by atoms with Gasteiger partial charge in [-0.15, -0.1) is 0 Å². The van der Waals surface area contributed by atoms with Crippen LogP contribution in [0.2, 0.25) is 0 Å². The molecule has 3 rings (SSSR count). The summed E-state index contributed by atoms with van der Waals surface area (Å²) in [5.74, 6) is 2.32. The van der Waals surface area contributed by atoms with Gasteiger partial charge in [0.15, 0.2) is 0 Å². The number of carbonyl (C=O) groups is 1. The molecule has 3 heterocycles. The van der Waals surface area contributed by atoms with Crippen LogP contribution in [0.4, 0.5) is 10.6 Å². The summed E-state index contributed by atoms with van der Waals surface area (Å²) in [7, 11) is 0. The van der Waals surface area contributed by atoms with Crippen molar-refractivity contribution in [1.29, 1.82) is 0 Å². The summed E-state index contributed by atoms with van der Waals surface area (Å²) in [6.07, 6.45) is 4.37. The normalized spacial score (nSPS) is 21.9. The SMILES string of the molecule is CC1CCN(c2ccc(CNC(=O)N3CCNCC3C(C)C)cn2)CC1. The Morgan fingerprint density at radius 1 is 1.31 bits per heavy atom. The van der Waals surface area contributed by atoms with Crippen molar-refractivity contribution in [3.63, 3.8) is 0 Å². The Morgan fingerprint density at radius 3 is 2.73 bits per heavy atom. The molecule has 0 aromatic carbocycles. The molecular weight excluding hydrogens is 326 g/mol. The molecule has 1 aromatic rings. The lowest BCUT2D eigenvalue weighted by Crippen LogP contribution is -2.58. The van der Waals surface area contributed by atoms with Gasteiger partial charge in [0, 0.05) is 51.5 Å². The number of piperidine rings is 1. The zero-order chi connectivity index (χ0) is 18.5. The number of aromatic nitrogens is 1. The highest BCUT2D eigenvalue weighted by atomic mass is 16.2. The van der Waals surface area contributed by atoms with Crippen molar-refractivity contribution in [1.82, 2.24) is 20.5 Å². The number of carbonyl (C=O) groups excluding carboxylic acids is 1. The molecule has 0 aliphatic carbocycles. The first-order valence-corrected chi connectivity index (χ1v) is 9.99. The zero-order valence-corrected chi connectivity index (χ0v) is 16.4. The average molecular weight is 360 g/mol. The molecule has 26 heavy (non-hydrogen) atoms. The highest BCUT2D eigenvalue weighted by Crippen LogP contribution is 2.21. The highest BCUT2D eigenvalue weighted by Gasteiger charge is 2.28. The number of nitrogens with one attached hydrogen (secondary N) is 2. The van der Waals surface area contributed by atoms with E-state index in [1.54, 1.807) is 0 Å². The predicted molar refractivity (Wildman–Crippen MR) is 105 cm³/mol. The van der Waals surface area contributed by atoms with Gasteiger partial charge in [-0.1, -0.05) is 26.8 Å². The number of rotatable bonds is 4. The monoisotopic (exact) mass is 359 g/mol. The Hall–Kier alpha value is -1.82. The van der Waals surface area contributed by atoms with Crippen molar-refractivity contribution in [2.45, 2.75) is 46.2 Å². The number of urea groups is 1. The van der Waals surface area contributed by atoms with Crippen molar-refractivity contribution in [2.75, 3.05) is 37.6 Å². The molecule has 6 nitrogen and oxygen atoms in total. The van der Waals surface area contributed by atoms with Crippen LogP contribution >= 0.6 is 0 Å². The molecule has 2 amide bonds. The molecule has 0 bridgehead atoms. The van der Waals surface area contributed by atoms with Crippen molar-refractivity contribution >= 4 is 11.8 Å². The second-order valence-electron chi connectivity index (χ2n) is 8.06. The van der Waals surface area contributed by atoms with Crippen LogP contribution in [0.5, 0.6) is 0 Å². The van der Waals surface area contributed by atoms with E-state index in [-0.39, 0.29) is 12.1 Å². The molecule has 2 aliphatic rings.